The van der Waals surface area contributed by atoms with Gasteiger partial charge in [0, 0.05) is 18.0 Å². The second-order valence-electron chi connectivity index (χ2n) is 3.99. The van der Waals surface area contributed by atoms with Crippen LogP contribution in [0.1, 0.15) is 17.3 Å². The Morgan fingerprint density at radius 2 is 2.00 bits per heavy atom. The van der Waals surface area contributed by atoms with E-state index in [1.165, 1.54) is 6.20 Å². The van der Waals surface area contributed by atoms with Gasteiger partial charge >= 0.3 is 0 Å². The number of carbonyl (C=O) groups is 2. The number of nitrogens with one attached hydrogen (secondary N) is 3. The minimum Gasteiger partial charge on any atom is -0.341 e. The molecule has 3 N–H and O–H groups in total. The lowest BCUT2D eigenvalue weighted by Crippen LogP contribution is -2.41. The maximum atomic E-state index is 11.8. The van der Waals surface area contributed by atoms with Crippen LogP contribution >= 0.6 is 0 Å². The van der Waals surface area contributed by atoms with E-state index < -0.39 is 6.04 Å². The SMILES string of the molecule is CC(NC(=O)c1ccccc1)C(=O)Nc1ncc[nH]1. The van der Waals surface area contributed by atoms with Gasteiger partial charge in [0.2, 0.25) is 11.9 Å². The molecular formula is C13H14N4O2. The van der Waals surface area contributed by atoms with Crippen molar-refractivity contribution in [2.24, 2.45) is 0 Å². The Bertz CT molecular complexity index is 551. The third-order valence-electron chi connectivity index (χ3n) is 2.52. The molecule has 1 aromatic heterocycles. The maximum absolute atomic E-state index is 11.8. The Kier molecular flexibility index (Phi) is 3.92. The lowest BCUT2D eigenvalue weighted by atomic mass is 10.2. The molecule has 0 aliphatic rings. The predicted octanol–water partition coefficient (Wildman–Crippen LogP) is 1.17. The van der Waals surface area contributed by atoms with E-state index in [9.17, 15) is 9.59 Å². The first kappa shape index (κ1) is 12.8. The summed E-state index contributed by atoms with van der Waals surface area (Å²) < 4.78 is 0. The van der Waals surface area contributed by atoms with Gasteiger partial charge in [-0.15, -0.1) is 0 Å². The second-order valence-corrected chi connectivity index (χ2v) is 3.99. The average Bonchev–Trinajstić information content (AvgIpc) is 2.92. The Morgan fingerprint density at radius 1 is 1.26 bits per heavy atom. The van der Waals surface area contributed by atoms with Crippen molar-refractivity contribution in [3.05, 3.63) is 48.3 Å². The highest BCUT2D eigenvalue weighted by atomic mass is 16.2. The standard InChI is InChI=1S/C13H14N4O2/c1-9(11(18)17-13-14-7-8-15-13)16-12(19)10-5-3-2-4-6-10/h2-9H,1H3,(H,16,19)(H2,14,15,17,18). The number of imidazole rings is 1. The monoisotopic (exact) mass is 258 g/mol. The van der Waals surface area contributed by atoms with Gasteiger partial charge in [0.25, 0.3) is 5.91 Å². The van der Waals surface area contributed by atoms with Crippen LogP contribution in [-0.4, -0.2) is 27.8 Å². The van der Waals surface area contributed by atoms with E-state index in [4.69, 9.17) is 0 Å². The van der Waals surface area contributed by atoms with E-state index in [1.54, 1.807) is 37.4 Å². The van der Waals surface area contributed by atoms with E-state index in [0.717, 1.165) is 0 Å². The van der Waals surface area contributed by atoms with E-state index in [1.807, 2.05) is 6.07 Å². The first-order valence-corrected chi connectivity index (χ1v) is 5.83. The van der Waals surface area contributed by atoms with E-state index in [2.05, 4.69) is 20.6 Å². The summed E-state index contributed by atoms with van der Waals surface area (Å²) in [5, 5.41) is 5.17. The molecule has 0 fully saturated rings. The number of benzene rings is 1. The van der Waals surface area contributed by atoms with E-state index >= 15 is 0 Å². The molecule has 1 heterocycles. The number of rotatable bonds is 4. The van der Waals surface area contributed by atoms with Crippen LogP contribution in [0.2, 0.25) is 0 Å². The van der Waals surface area contributed by atoms with Crippen LogP contribution in [0.15, 0.2) is 42.7 Å². The fourth-order valence-electron chi connectivity index (χ4n) is 1.49. The van der Waals surface area contributed by atoms with Gasteiger partial charge in [-0.1, -0.05) is 18.2 Å². The van der Waals surface area contributed by atoms with Crippen LogP contribution in [-0.2, 0) is 4.79 Å². The molecule has 0 saturated heterocycles. The van der Waals surface area contributed by atoms with Crippen molar-refractivity contribution in [1.29, 1.82) is 0 Å². The number of aromatic amines is 1. The Balaban J connectivity index is 1.92. The molecule has 2 rings (SSSR count). The van der Waals surface area contributed by atoms with Gasteiger partial charge in [-0.25, -0.2) is 4.98 Å². The van der Waals surface area contributed by atoms with Crippen molar-refractivity contribution in [1.82, 2.24) is 15.3 Å². The van der Waals surface area contributed by atoms with Crippen molar-refractivity contribution >= 4 is 17.8 Å². The summed E-state index contributed by atoms with van der Waals surface area (Å²) in [6.07, 6.45) is 3.13. The van der Waals surface area contributed by atoms with E-state index in [-0.39, 0.29) is 11.8 Å². The van der Waals surface area contributed by atoms with Gasteiger partial charge in [-0.3, -0.25) is 14.9 Å². The zero-order valence-corrected chi connectivity index (χ0v) is 10.4. The van der Waals surface area contributed by atoms with Crippen LogP contribution in [0.3, 0.4) is 0 Å². The molecule has 6 nitrogen and oxygen atoms in total. The summed E-state index contributed by atoms with van der Waals surface area (Å²) in [6, 6.07) is 8.08. The molecule has 6 heteroatoms. The lowest BCUT2D eigenvalue weighted by molar-refractivity contribution is -0.117. The third-order valence-corrected chi connectivity index (χ3v) is 2.52. The van der Waals surface area contributed by atoms with Crippen LogP contribution in [0.4, 0.5) is 5.95 Å². The number of hydrogen-bond donors (Lipinski definition) is 3. The molecule has 0 bridgehead atoms. The number of amides is 2. The molecule has 1 aromatic carbocycles. The van der Waals surface area contributed by atoms with Gasteiger partial charge in [0.15, 0.2) is 0 Å². The van der Waals surface area contributed by atoms with Crippen molar-refractivity contribution < 1.29 is 9.59 Å². The molecule has 2 amide bonds. The van der Waals surface area contributed by atoms with Crippen molar-refractivity contribution in [2.75, 3.05) is 5.32 Å². The molecule has 98 valence electrons. The minimum absolute atomic E-state index is 0.289. The Morgan fingerprint density at radius 3 is 2.63 bits per heavy atom. The van der Waals surface area contributed by atoms with Crippen LogP contribution in [0, 0.1) is 0 Å². The number of carbonyl (C=O) groups excluding carboxylic acids is 2. The van der Waals surface area contributed by atoms with Gasteiger partial charge < -0.3 is 10.3 Å². The molecule has 0 radical (unpaired) electrons. The van der Waals surface area contributed by atoms with Crippen LogP contribution < -0.4 is 10.6 Å². The second kappa shape index (κ2) is 5.81. The Hall–Kier alpha value is -2.63. The van der Waals surface area contributed by atoms with Crippen molar-refractivity contribution in [3.8, 4) is 0 Å². The first-order chi connectivity index (χ1) is 9.16. The smallest absolute Gasteiger partial charge is 0.251 e. The molecule has 0 saturated carbocycles. The molecular weight excluding hydrogens is 244 g/mol. The number of hydrogen-bond acceptors (Lipinski definition) is 3. The van der Waals surface area contributed by atoms with Crippen molar-refractivity contribution in [2.45, 2.75) is 13.0 Å². The van der Waals surface area contributed by atoms with Crippen LogP contribution in [0.5, 0.6) is 0 Å². The molecule has 1 atom stereocenters. The fraction of sp³-hybridized carbons (Fsp3) is 0.154. The molecule has 0 spiro atoms. The predicted molar refractivity (Wildman–Crippen MR) is 70.6 cm³/mol. The summed E-state index contributed by atoms with van der Waals surface area (Å²) in [4.78, 5) is 30.3. The highest BCUT2D eigenvalue weighted by Gasteiger charge is 2.17. The van der Waals surface area contributed by atoms with Crippen molar-refractivity contribution in [3.63, 3.8) is 0 Å². The minimum atomic E-state index is -0.655. The summed E-state index contributed by atoms with van der Waals surface area (Å²) in [5.41, 5.74) is 0.514. The highest BCUT2D eigenvalue weighted by Crippen LogP contribution is 2.00. The lowest BCUT2D eigenvalue weighted by Gasteiger charge is -2.12. The van der Waals surface area contributed by atoms with Gasteiger partial charge in [-0.05, 0) is 19.1 Å². The number of aromatic nitrogens is 2. The first-order valence-electron chi connectivity index (χ1n) is 5.83. The quantitative estimate of drug-likeness (QED) is 0.769. The number of nitrogens with zero attached hydrogens (tertiary/aromatic N) is 1. The largest absolute Gasteiger partial charge is 0.341 e. The highest BCUT2D eigenvalue weighted by molar-refractivity contribution is 6.00. The van der Waals surface area contributed by atoms with Crippen LogP contribution in [0.25, 0.3) is 0 Å². The normalized spacial score (nSPS) is 11.6. The summed E-state index contributed by atoms with van der Waals surface area (Å²) in [7, 11) is 0. The summed E-state index contributed by atoms with van der Waals surface area (Å²) in [5.74, 6) is -0.271. The molecule has 0 aliphatic heterocycles. The summed E-state index contributed by atoms with van der Waals surface area (Å²) in [6.45, 7) is 1.61. The molecule has 1 unspecified atom stereocenters. The number of anilines is 1. The maximum Gasteiger partial charge on any atom is 0.251 e. The molecule has 2 aromatic rings. The number of H-pyrrole nitrogens is 1. The zero-order valence-electron chi connectivity index (χ0n) is 10.4. The fourth-order valence-corrected chi connectivity index (χ4v) is 1.49. The topological polar surface area (TPSA) is 86.9 Å². The van der Waals surface area contributed by atoms with Gasteiger partial charge in [-0.2, -0.15) is 0 Å². The van der Waals surface area contributed by atoms with Gasteiger partial charge in [0.1, 0.15) is 6.04 Å². The Labute approximate surface area is 110 Å². The van der Waals surface area contributed by atoms with Gasteiger partial charge in [0.05, 0.1) is 0 Å². The average molecular weight is 258 g/mol. The third kappa shape index (κ3) is 3.41. The van der Waals surface area contributed by atoms with E-state index in [0.29, 0.717) is 11.5 Å². The molecule has 19 heavy (non-hydrogen) atoms. The zero-order chi connectivity index (χ0) is 13.7. The molecule has 0 aliphatic carbocycles. The summed E-state index contributed by atoms with van der Waals surface area (Å²) >= 11 is 0.